The number of nitrogens with one attached hydrogen (secondary N) is 1. The van der Waals surface area contributed by atoms with Gasteiger partial charge in [-0.1, -0.05) is 0 Å². The van der Waals surface area contributed by atoms with Crippen LogP contribution in [0.5, 0.6) is 11.5 Å². The minimum Gasteiger partial charge on any atom is -0.493 e. The molecule has 3 amide bonds. The summed E-state index contributed by atoms with van der Waals surface area (Å²) in [5.41, 5.74) is 0.504. The normalized spacial score (nSPS) is 19.9. The second-order valence-corrected chi connectivity index (χ2v) is 8.18. The van der Waals surface area contributed by atoms with Crippen molar-refractivity contribution in [3.8, 4) is 11.5 Å². The Kier molecular flexibility index (Phi) is 6.84. The number of piperidine rings is 1. The van der Waals surface area contributed by atoms with Crippen molar-refractivity contribution in [2.24, 2.45) is 5.92 Å². The third kappa shape index (κ3) is 4.68. The number of ether oxygens (including phenoxy) is 2. The zero-order valence-corrected chi connectivity index (χ0v) is 18.1. The number of benzene rings is 1. The van der Waals surface area contributed by atoms with Gasteiger partial charge < -0.3 is 24.6 Å². The van der Waals surface area contributed by atoms with E-state index in [1.54, 1.807) is 30.2 Å². The molecular weight excluding hydrogens is 386 g/mol. The smallest absolute Gasteiger partial charge is 0.251 e. The summed E-state index contributed by atoms with van der Waals surface area (Å²) in [7, 11) is 3.08. The summed E-state index contributed by atoms with van der Waals surface area (Å²) in [5.74, 6) is 0.763. The van der Waals surface area contributed by atoms with Gasteiger partial charge in [0.1, 0.15) is 0 Å². The SMILES string of the molecule is COc1ccc(C(=O)NC2CCN(C(=O)C3CC(=O)N(C(C)C)C3)CC2)cc1OC. The predicted molar refractivity (Wildman–Crippen MR) is 112 cm³/mol. The molecule has 1 atom stereocenters. The quantitative estimate of drug-likeness (QED) is 0.761. The van der Waals surface area contributed by atoms with E-state index in [9.17, 15) is 14.4 Å². The lowest BCUT2D eigenvalue weighted by atomic mass is 10.0. The van der Waals surface area contributed by atoms with Crippen LogP contribution >= 0.6 is 0 Å². The lowest BCUT2D eigenvalue weighted by Crippen LogP contribution is -2.48. The standard InChI is InChI=1S/C22H31N3O5/c1-14(2)25-13-16(12-20(25)26)22(28)24-9-7-17(8-10-24)23-21(27)15-5-6-18(29-3)19(11-15)30-4/h5-6,11,14,16-17H,7-10,12-13H2,1-4H3,(H,23,27). The highest BCUT2D eigenvalue weighted by molar-refractivity contribution is 5.95. The van der Waals surface area contributed by atoms with E-state index >= 15 is 0 Å². The number of rotatable bonds is 6. The predicted octanol–water partition coefficient (Wildman–Crippen LogP) is 1.68. The van der Waals surface area contributed by atoms with Crippen molar-refractivity contribution >= 4 is 17.7 Å². The van der Waals surface area contributed by atoms with Crippen molar-refractivity contribution < 1.29 is 23.9 Å². The van der Waals surface area contributed by atoms with Crippen LogP contribution in [0.3, 0.4) is 0 Å². The molecule has 0 radical (unpaired) electrons. The Bertz CT molecular complexity index is 802. The molecule has 0 saturated carbocycles. The summed E-state index contributed by atoms with van der Waals surface area (Å²) in [6.45, 7) is 5.62. The van der Waals surface area contributed by atoms with Crippen molar-refractivity contribution in [2.75, 3.05) is 33.9 Å². The van der Waals surface area contributed by atoms with Gasteiger partial charge in [0.25, 0.3) is 5.91 Å². The number of nitrogens with zero attached hydrogens (tertiary/aromatic N) is 2. The van der Waals surface area contributed by atoms with Crippen molar-refractivity contribution in [2.45, 2.75) is 45.2 Å². The maximum Gasteiger partial charge on any atom is 0.251 e. The first-order valence-corrected chi connectivity index (χ1v) is 10.4. The average Bonchev–Trinajstić information content (AvgIpc) is 3.15. The highest BCUT2D eigenvalue weighted by atomic mass is 16.5. The molecule has 8 nitrogen and oxygen atoms in total. The number of hydrogen-bond acceptors (Lipinski definition) is 5. The van der Waals surface area contributed by atoms with Gasteiger partial charge in [-0.2, -0.15) is 0 Å². The van der Waals surface area contributed by atoms with E-state index in [-0.39, 0.29) is 35.7 Å². The third-order valence-corrected chi connectivity index (χ3v) is 5.92. The number of amides is 3. The molecule has 1 unspecified atom stereocenters. The Labute approximate surface area is 177 Å². The van der Waals surface area contributed by atoms with E-state index < -0.39 is 0 Å². The van der Waals surface area contributed by atoms with Gasteiger partial charge in [0, 0.05) is 43.7 Å². The molecule has 0 aliphatic carbocycles. The van der Waals surface area contributed by atoms with Gasteiger partial charge in [-0.15, -0.1) is 0 Å². The van der Waals surface area contributed by atoms with Gasteiger partial charge >= 0.3 is 0 Å². The maximum absolute atomic E-state index is 12.8. The summed E-state index contributed by atoms with van der Waals surface area (Å²) >= 11 is 0. The molecule has 2 heterocycles. The number of likely N-dealkylation sites (tertiary alicyclic amines) is 2. The number of hydrogen-bond donors (Lipinski definition) is 1. The highest BCUT2D eigenvalue weighted by Gasteiger charge is 2.38. The Morgan fingerprint density at radius 1 is 1.10 bits per heavy atom. The second-order valence-electron chi connectivity index (χ2n) is 8.18. The van der Waals surface area contributed by atoms with E-state index in [0.29, 0.717) is 56.0 Å². The zero-order chi connectivity index (χ0) is 21.8. The van der Waals surface area contributed by atoms with Gasteiger partial charge in [0.05, 0.1) is 20.1 Å². The first-order valence-electron chi connectivity index (χ1n) is 10.4. The van der Waals surface area contributed by atoms with Crippen LogP contribution in [0.2, 0.25) is 0 Å². The van der Waals surface area contributed by atoms with E-state index in [0.717, 1.165) is 0 Å². The van der Waals surface area contributed by atoms with Crippen LogP contribution in [-0.4, -0.2) is 73.5 Å². The van der Waals surface area contributed by atoms with Crippen molar-refractivity contribution in [1.29, 1.82) is 0 Å². The molecule has 30 heavy (non-hydrogen) atoms. The maximum atomic E-state index is 12.8. The summed E-state index contributed by atoms with van der Waals surface area (Å²) < 4.78 is 10.5. The third-order valence-electron chi connectivity index (χ3n) is 5.92. The van der Waals surface area contributed by atoms with E-state index in [1.807, 2.05) is 18.7 Å². The molecular formula is C22H31N3O5. The van der Waals surface area contributed by atoms with Crippen LogP contribution in [-0.2, 0) is 9.59 Å². The molecule has 1 aromatic rings. The van der Waals surface area contributed by atoms with Crippen LogP contribution < -0.4 is 14.8 Å². The van der Waals surface area contributed by atoms with Gasteiger partial charge in [-0.05, 0) is 44.9 Å². The van der Waals surface area contributed by atoms with Crippen LogP contribution in [0.15, 0.2) is 18.2 Å². The number of carbonyl (C=O) groups is 3. The van der Waals surface area contributed by atoms with E-state index in [4.69, 9.17) is 9.47 Å². The molecule has 2 aliphatic heterocycles. The molecule has 8 heteroatoms. The van der Waals surface area contributed by atoms with Crippen molar-refractivity contribution in [1.82, 2.24) is 15.1 Å². The minimum atomic E-state index is -0.252. The summed E-state index contributed by atoms with van der Waals surface area (Å²) in [5, 5.41) is 3.05. The first kappa shape index (κ1) is 21.9. The number of carbonyl (C=O) groups excluding carboxylic acids is 3. The van der Waals surface area contributed by atoms with Gasteiger partial charge in [-0.3, -0.25) is 14.4 Å². The minimum absolute atomic E-state index is 0.00650. The molecule has 164 valence electrons. The van der Waals surface area contributed by atoms with Gasteiger partial charge in [0.2, 0.25) is 11.8 Å². The summed E-state index contributed by atoms with van der Waals surface area (Å²) in [6, 6.07) is 5.19. The molecule has 2 saturated heterocycles. The molecule has 1 N–H and O–H groups in total. The average molecular weight is 418 g/mol. The largest absolute Gasteiger partial charge is 0.493 e. The van der Waals surface area contributed by atoms with E-state index in [2.05, 4.69) is 5.32 Å². The second kappa shape index (κ2) is 9.36. The van der Waals surface area contributed by atoms with Crippen LogP contribution in [0.4, 0.5) is 0 Å². The summed E-state index contributed by atoms with van der Waals surface area (Å²) in [4.78, 5) is 41.1. The molecule has 0 bridgehead atoms. The van der Waals surface area contributed by atoms with E-state index in [1.165, 1.54) is 7.11 Å². The summed E-state index contributed by atoms with van der Waals surface area (Å²) in [6.07, 6.45) is 1.69. The Morgan fingerprint density at radius 3 is 2.33 bits per heavy atom. The van der Waals surface area contributed by atoms with Crippen LogP contribution in [0, 0.1) is 5.92 Å². The highest BCUT2D eigenvalue weighted by Crippen LogP contribution is 2.28. The fraction of sp³-hybridized carbons (Fsp3) is 0.591. The van der Waals surface area contributed by atoms with Gasteiger partial charge in [-0.25, -0.2) is 0 Å². The Hall–Kier alpha value is -2.77. The van der Waals surface area contributed by atoms with Crippen molar-refractivity contribution in [3.05, 3.63) is 23.8 Å². The van der Waals surface area contributed by atoms with Crippen LogP contribution in [0.1, 0.15) is 43.5 Å². The first-order chi connectivity index (χ1) is 14.3. The fourth-order valence-electron chi connectivity index (χ4n) is 4.14. The molecule has 2 aliphatic rings. The van der Waals surface area contributed by atoms with Crippen LogP contribution in [0.25, 0.3) is 0 Å². The molecule has 2 fully saturated rings. The molecule has 3 rings (SSSR count). The molecule has 0 aromatic heterocycles. The fourth-order valence-corrected chi connectivity index (χ4v) is 4.14. The zero-order valence-electron chi connectivity index (χ0n) is 18.1. The van der Waals surface area contributed by atoms with Crippen molar-refractivity contribution in [3.63, 3.8) is 0 Å². The number of methoxy groups -OCH3 is 2. The lowest BCUT2D eigenvalue weighted by molar-refractivity contribution is -0.136. The topological polar surface area (TPSA) is 88.2 Å². The Morgan fingerprint density at radius 2 is 1.77 bits per heavy atom. The van der Waals surface area contributed by atoms with Gasteiger partial charge in [0.15, 0.2) is 11.5 Å². The molecule has 1 aromatic carbocycles. The Balaban J connectivity index is 1.52. The lowest BCUT2D eigenvalue weighted by Gasteiger charge is -2.34. The monoisotopic (exact) mass is 417 g/mol. The molecule has 0 spiro atoms.